The highest BCUT2D eigenvalue weighted by Crippen LogP contribution is 2.36. The molecule has 3 aromatic rings. The number of para-hydroxylation sites is 2. The van der Waals surface area contributed by atoms with Crippen molar-refractivity contribution < 1.29 is 14.3 Å². The van der Waals surface area contributed by atoms with Gasteiger partial charge in [0.25, 0.3) is 11.8 Å². The molecule has 2 heterocycles. The highest BCUT2D eigenvalue weighted by molar-refractivity contribution is 6.09. The fourth-order valence-corrected chi connectivity index (χ4v) is 5.30. The van der Waals surface area contributed by atoms with Crippen LogP contribution < -0.4 is 9.64 Å². The topological polar surface area (TPSA) is 49.9 Å². The van der Waals surface area contributed by atoms with E-state index in [9.17, 15) is 9.59 Å². The summed E-state index contributed by atoms with van der Waals surface area (Å²) in [4.78, 5) is 30.3. The Hall–Kier alpha value is -3.86. The van der Waals surface area contributed by atoms with Crippen LogP contribution in [0.25, 0.3) is 6.08 Å². The minimum absolute atomic E-state index is 0.0656. The lowest BCUT2D eigenvalue weighted by Gasteiger charge is -2.35. The maximum Gasteiger partial charge on any atom is 0.294 e. The highest BCUT2D eigenvalue weighted by atomic mass is 16.5. The van der Waals surface area contributed by atoms with Crippen LogP contribution in [0.4, 0.5) is 5.69 Å². The van der Waals surface area contributed by atoms with Crippen LogP contribution >= 0.6 is 0 Å². The molecule has 0 aliphatic carbocycles. The molecule has 0 saturated carbocycles. The van der Waals surface area contributed by atoms with E-state index in [1.165, 1.54) is 0 Å². The summed E-state index contributed by atoms with van der Waals surface area (Å²) < 4.78 is 6.03. The monoisotopic (exact) mass is 480 g/mol. The highest BCUT2D eigenvalue weighted by Gasteiger charge is 2.30. The van der Waals surface area contributed by atoms with Crippen molar-refractivity contribution in [3.8, 4) is 5.75 Å². The fraction of sp³-hybridized carbons (Fsp3) is 0.290. The molecule has 5 rings (SSSR count). The van der Waals surface area contributed by atoms with Crippen molar-refractivity contribution in [1.29, 1.82) is 0 Å². The van der Waals surface area contributed by atoms with Gasteiger partial charge in [-0.15, -0.1) is 0 Å². The third kappa shape index (κ3) is 5.06. The van der Waals surface area contributed by atoms with E-state index in [2.05, 4.69) is 19.9 Å². The Balaban J connectivity index is 1.38. The first-order chi connectivity index (χ1) is 17.4. The average Bonchev–Trinajstić information content (AvgIpc) is 2.86. The van der Waals surface area contributed by atoms with Gasteiger partial charge in [0.05, 0.1) is 12.2 Å². The van der Waals surface area contributed by atoms with Crippen molar-refractivity contribution >= 4 is 23.6 Å². The van der Waals surface area contributed by atoms with Crippen molar-refractivity contribution in [2.24, 2.45) is 11.8 Å². The van der Waals surface area contributed by atoms with E-state index in [1.54, 1.807) is 11.0 Å². The van der Waals surface area contributed by atoms with Crippen LogP contribution in [0.2, 0.25) is 0 Å². The van der Waals surface area contributed by atoms with Crippen LogP contribution in [0, 0.1) is 18.8 Å². The molecule has 184 valence electrons. The number of benzene rings is 3. The van der Waals surface area contributed by atoms with Gasteiger partial charge in [-0.25, -0.2) is 0 Å². The van der Waals surface area contributed by atoms with Crippen LogP contribution in [-0.4, -0.2) is 29.8 Å². The number of hydrogen-bond acceptors (Lipinski definition) is 3. The molecule has 3 aromatic carbocycles. The lowest BCUT2D eigenvalue weighted by molar-refractivity contribution is -0.117. The number of piperidine rings is 1. The van der Waals surface area contributed by atoms with Gasteiger partial charge in [0.1, 0.15) is 0 Å². The predicted molar refractivity (Wildman–Crippen MR) is 143 cm³/mol. The summed E-state index contributed by atoms with van der Waals surface area (Å²) in [6.07, 6.45) is 2.91. The van der Waals surface area contributed by atoms with E-state index in [4.69, 9.17) is 4.74 Å². The van der Waals surface area contributed by atoms with E-state index in [1.807, 2.05) is 78.6 Å². The molecular formula is C31H32N2O3. The zero-order chi connectivity index (χ0) is 25.2. The SMILES string of the molecule is Cc1cccc(CN2C(=O)/C(=C\c3ccc(C(=O)N4CC(C)CC(C)C4)cc3)Oc3ccccc32)c1. The number of anilines is 1. The molecule has 0 N–H and O–H groups in total. The molecule has 0 radical (unpaired) electrons. The quantitative estimate of drug-likeness (QED) is 0.425. The Bertz CT molecular complexity index is 1300. The molecule has 5 nitrogen and oxygen atoms in total. The number of likely N-dealkylation sites (tertiary alicyclic amines) is 1. The Labute approximate surface area is 213 Å². The van der Waals surface area contributed by atoms with E-state index in [0.29, 0.717) is 29.7 Å². The summed E-state index contributed by atoms with van der Waals surface area (Å²) in [5.74, 6) is 1.82. The molecule has 36 heavy (non-hydrogen) atoms. The van der Waals surface area contributed by atoms with Crippen LogP contribution in [0.5, 0.6) is 5.75 Å². The first kappa shape index (κ1) is 23.9. The van der Waals surface area contributed by atoms with Gasteiger partial charge in [-0.1, -0.05) is 67.9 Å². The number of nitrogens with zero attached hydrogens (tertiary/aromatic N) is 2. The van der Waals surface area contributed by atoms with Crippen molar-refractivity contribution in [2.45, 2.75) is 33.7 Å². The average molecular weight is 481 g/mol. The zero-order valence-corrected chi connectivity index (χ0v) is 21.1. The number of aryl methyl sites for hydroxylation is 1. The number of rotatable bonds is 4. The minimum atomic E-state index is -0.188. The summed E-state index contributed by atoms with van der Waals surface area (Å²) in [5, 5.41) is 0. The van der Waals surface area contributed by atoms with Gasteiger partial charge in [-0.2, -0.15) is 0 Å². The van der Waals surface area contributed by atoms with E-state index in [0.717, 1.165) is 41.9 Å². The molecule has 1 saturated heterocycles. The Morgan fingerprint density at radius 2 is 1.69 bits per heavy atom. The lowest BCUT2D eigenvalue weighted by Crippen LogP contribution is -2.42. The first-order valence-corrected chi connectivity index (χ1v) is 12.6. The van der Waals surface area contributed by atoms with Gasteiger partial charge in [0.2, 0.25) is 0 Å². The van der Waals surface area contributed by atoms with Crippen LogP contribution in [0.3, 0.4) is 0 Å². The normalized spacial score (nSPS) is 20.8. The molecule has 2 aliphatic heterocycles. The van der Waals surface area contributed by atoms with Gasteiger partial charge in [0, 0.05) is 18.7 Å². The molecule has 2 aliphatic rings. The van der Waals surface area contributed by atoms with E-state index < -0.39 is 0 Å². The predicted octanol–water partition coefficient (Wildman–Crippen LogP) is 6.08. The van der Waals surface area contributed by atoms with Gasteiger partial charge < -0.3 is 9.64 Å². The van der Waals surface area contributed by atoms with E-state index >= 15 is 0 Å². The van der Waals surface area contributed by atoms with Crippen molar-refractivity contribution in [3.63, 3.8) is 0 Å². The molecule has 5 heteroatoms. The Kier molecular flexibility index (Phi) is 6.64. The lowest BCUT2D eigenvalue weighted by atomic mass is 9.91. The number of fused-ring (bicyclic) bond motifs is 1. The van der Waals surface area contributed by atoms with Crippen molar-refractivity contribution in [2.75, 3.05) is 18.0 Å². The second-order valence-electron chi connectivity index (χ2n) is 10.2. The summed E-state index contributed by atoms with van der Waals surface area (Å²) >= 11 is 0. The molecule has 0 aromatic heterocycles. The number of carbonyl (C=O) groups is 2. The summed E-state index contributed by atoms with van der Waals surface area (Å²) in [6, 6.07) is 23.2. The molecule has 0 spiro atoms. The second-order valence-corrected chi connectivity index (χ2v) is 10.2. The molecule has 2 amide bonds. The molecule has 0 bridgehead atoms. The van der Waals surface area contributed by atoms with Gasteiger partial charge in [-0.3, -0.25) is 14.5 Å². The number of ether oxygens (including phenoxy) is 1. The van der Waals surface area contributed by atoms with Crippen molar-refractivity contribution in [1.82, 2.24) is 4.90 Å². The molecule has 2 unspecified atom stereocenters. The number of amides is 2. The second kappa shape index (κ2) is 10.0. The number of carbonyl (C=O) groups excluding carboxylic acids is 2. The van der Waals surface area contributed by atoms with Crippen molar-refractivity contribution in [3.05, 3.63) is 101 Å². The van der Waals surface area contributed by atoms with Crippen LogP contribution in [0.1, 0.15) is 47.3 Å². The fourth-order valence-electron chi connectivity index (χ4n) is 5.30. The maximum atomic E-state index is 13.5. The first-order valence-electron chi connectivity index (χ1n) is 12.6. The third-order valence-electron chi connectivity index (χ3n) is 6.87. The third-order valence-corrected chi connectivity index (χ3v) is 6.87. The van der Waals surface area contributed by atoms with Gasteiger partial charge in [0.15, 0.2) is 11.5 Å². The van der Waals surface area contributed by atoms with Crippen LogP contribution in [-0.2, 0) is 11.3 Å². The maximum absolute atomic E-state index is 13.5. The summed E-state index contributed by atoms with van der Waals surface area (Å²) in [7, 11) is 0. The minimum Gasteiger partial charge on any atom is -0.449 e. The van der Waals surface area contributed by atoms with Gasteiger partial charge in [-0.05, 0) is 66.6 Å². The van der Waals surface area contributed by atoms with E-state index in [-0.39, 0.29) is 17.6 Å². The molecule has 1 fully saturated rings. The number of hydrogen-bond donors (Lipinski definition) is 0. The summed E-state index contributed by atoms with van der Waals surface area (Å²) in [6.45, 7) is 8.50. The Morgan fingerprint density at radius 3 is 2.42 bits per heavy atom. The smallest absolute Gasteiger partial charge is 0.294 e. The molecular weight excluding hydrogens is 448 g/mol. The summed E-state index contributed by atoms with van der Waals surface area (Å²) in [5.41, 5.74) is 4.45. The standard InChI is InChI=1S/C31H32N2O3/c1-21-7-6-8-25(16-21)20-33-27-9-4-5-10-28(27)36-29(31(33)35)17-24-11-13-26(14-12-24)30(34)32-18-22(2)15-23(3)19-32/h4-14,16-17,22-23H,15,18-20H2,1-3H3/b29-17+. The van der Waals surface area contributed by atoms with Gasteiger partial charge >= 0.3 is 0 Å². The Morgan fingerprint density at radius 1 is 0.972 bits per heavy atom. The van der Waals surface area contributed by atoms with Crippen LogP contribution in [0.15, 0.2) is 78.6 Å². The largest absolute Gasteiger partial charge is 0.449 e. The zero-order valence-electron chi connectivity index (χ0n) is 21.1. The molecule has 2 atom stereocenters.